The Morgan fingerprint density at radius 2 is 1.76 bits per heavy atom. The summed E-state index contributed by atoms with van der Waals surface area (Å²) in [4.78, 5) is 11.3. The van der Waals surface area contributed by atoms with Gasteiger partial charge in [0.2, 0.25) is 0 Å². The molecule has 0 aliphatic heterocycles. The van der Waals surface area contributed by atoms with Gasteiger partial charge in [-0.1, -0.05) is 51.1 Å². The number of thiol groups is 1. The normalized spacial score (nSPS) is 15.3. The molecule has 0 spiro atoms. The van der Waals surface area contributed by atoms with Crippen LogP contribution in [0.4, 0.5) is 0 Å². The van der Waals surface area contributed by atoms with Crippen LogP contribution in [0.1, 0.15) is 32.8 Å². The van der Waals surface area contributed by atoms with Crippen LogP contribution in [-0.2, 0) is 11.2 Å². The number of hydrogen-bond donors (Lipinski definition) is 1. The summed E-state index contributed by atoms with van der Waals surface area (Å²) in [6, 6.07) is 9.53. The minimum Gasteiger partial charge on any atom is -0.549 e. The van der Waals surface area contributed by atoms with Crippen molar-refractivity contribution in [1.29, 1.82) is 0 Å². The van der Waals surface area contributed by atoms with E-state index in [0.29, 0.717) is 12.8 Å². The van der Waals surface area contributed by atoms with Crippen LogP contribution in [0, 0.1) is 5.41 Å². The van der Waals surface area contributed by atoms with Gasteiger partial charge in [-0.2, -0.15) is 12.6 Å². The largest absolute Gasteiger partial charge is 0.549 e. The number of benzene rings is 1. The molecule has 0 saturated heterocycles. The Morgan fingerprint density at radius 3 is 2.18 bits per heavy atom. The van der Waals surface area contributed by atoms with Gasteiger partial charge in [0.1, 0.15) is 0 Å². The molecule has 1 unspecified atom stereocenters. The summed E-state index contributed by atoms with van der Waals surface area (Å²) in [5, 5.41) is 11.3. The molecule has 0 radical (unpaired) electrons. The standard InChI is InChI=1S/C14H20O2S/c1-13(2,3)10-14(17,12(15)16)9-11-7-5-4-6-8-11/h4-8,17H,9-10H2,1-3H3,(H,15,16)/p-1. The van der Waals surface area contributed by atoms with Crippen molar-refractivity contribution in [2.24, 2.45) is 5.41 Å². The molecule has 0 saturated carbocycles. The van der Waals surface area contributed by atoms with Crippen molar-refractivity contribution in [2.75, 3.05) is 0 Å². The molecule has 1 rings (SSSR count). The quantitative estimate of drug-likeness (QED) is 0.832. The molecule has 17 heavy (non-hydrogen) atoms. The zero-order chi connectivity index (χ0) is 13.1. The number of carbonyl (C=O) groups excluding carboxylic acids is 1. The predicted octanol–water partition coefficient (Wildman–Crippen LogP) is 2.08. The van der Waals surface area contributed by atoms with E-state index in [0.717, 1.165) is 5.56 Å². The third-order valence-electron chi connectivity index (χ3n) is 2.54. The minimum atomic E-state index is -1.11. The summed E-state index contributed by atoms with van der Waals surface area (Å²) >= 11 is 4.36. The van der Waals surface area contributed by atoms with Gasteiger partial charge in [0, 0.05) is 0 Å². The number of rotatable bonds is 4. The van der Waals surface area contributed by atoms with E-state index in [1.54, 1.807) is 0 Å². The lowest BCUT2D eigenvalue weighted by molar-refractivity contribution is -0.309. The van der Waals surface area contributed by atoms with Crippen LogP contribution in [0.15, 0.2) is 30.3 Å². The third kappa shape index (κ3) is 4.43. The molecule has 0 heterocycles. The summed E-state index contributed by atoms with van der Waals surface area (Å²) in [5.41, 5.74) is 0.868. The number of carboxylic acids is 1. The molecule has 0 N–H and O–H groups in total. The van der Waals surface area contributed by atoms with Crippen LogP contribution in [-0.4, -0.2) is 10.7 Å². The van der Waals surface area contributed by atoms with E-state index >= 15 is 0 Å². The fraction of sp³-hybridized carbons (Fsp3) is 0.500. The van der Waals surface area contributed by atoms with Crippen LogP contribution in [0.3, 0.4) is 0 Å². The molecule has 3 heteroatoms. The van der Waals surface area contributed by atoms with E-state index in [1.807, 2.05) is 51.1 Å². The lowest BCUT2D eigenvalue weighted by Gasteiger charge is -2.35. The maximum atomic E-state index is 11.3. The lowest BCUT2D eigenvalue weighted by Crippen LogP contribution is -2.47. The average molecular weight is 251 g/mol. The first-order valence-corrected chi connectivity index (χ1v) is 6.15. The van der Waals surface area contributed by atoms with Crippen molar-refractivity contribution >= 4 is 18.6 Å². The Kier molecular flexibility index (Phi) is 4.26. The van der Waals surface area contributed by atoms with Crippen molar-refractivity contribution in [3.05, 3.63) is 35.9 Å². The van der Waals surface area contributed by atoms with Gasteiger partial charge in [-0.3, -0.25) is 0 Å². The van der Waals surface area contributed by atoms with Crippen molar-refractivity contribution in [1.82, 2.24) is 0 Å². The van der Waals surface area contributed by atoms with Gasteiger partial charge in [-0.15, -0.1) is 0 Å². The molecular weight excluding hydrogens is 232 g/mol. The summed E-state index contributed by atoms with van der Waals surface area (Å²) in [5.74, 6) is -1.10. The van der Waals surface area contributed by atoms with Crippen molar-refractivity contribution in [3.8, 4) is 0 Å². The maximum absolute atomic E-state index is 11.3. The Labute approximate surface area is 108 Å². The van der Waals surface area contributed by atoms with E-state index in [1.165, 1.54) is 0 Å². The fourth-order valence-electron chi connectivity index (χ4n) is 2.02. The first-order valence-electron chi connectivity index (χ1n) is 5.71. The Hall–Kier alpha value is -0.960. The first-order chi connectivity index (χ1) is 7.73. The van der Waals surface area contributed by atoms with Gasteiger partial charge < -0.3 is 9.90 Å². The predicted molar refractivity (Wildman–Crippen MR) is 70.9 cm³/mol. The highest BCUT2D eigenvalue weighted by Gasteiger charge is 2.32. The van der Waals surface area contributed by atoms with Gasteiger partial charge in [0.05, 0.1) is 10.7 Å². The van der Waals surface area contributed by atoms with Crippen LogP contribution in [0.25, 0.3) is 0 Å². The second kappa shape index (κ2) is 5.13. The molecule has 0 aliphatic carbocycles. The number of carboxylic acid groups (broad SMARTS) is 1. The van der Waals surface area contributed by atoms with Crippen LogP contribution < -0.4 is 5.11 Å². The smallest absolute Gasteiger partial charge is 0.0576 e. The molecule has 2 nitrogen and oxygen atoms in total. The molecule has 0 aliphatic rings. The number of aliphatic carboxylic acids is 1. The van der Waals surface area contributed by atoms with E-state index in [4.69, 9.17) is 0 Å². The number of hydrogen-bond acceptors (Lipinski definition) is 3. The highest BCUT2D eigenvalue weighted by atomic mass is 32.1. The molecule has 0 aromatic heterocycles. The summed E-state index contributed by atoms with van der Waals surface area (Å²) < 4.78 is -1.11. The molecule has 94 valence electrons. The van der Waals surface area contributed by atoms with Crippen LogP contribution >= 0.6 is 12.6 Å². The molecule has 1 aromatic carbocycles. The van der Waals surface area contributed by atoms with Gasteiger partial charge in [-0.05, 0) is 23.8 Å². The molecule has 0 fully saturated rings. The summed E-state index contributed by atoms with van der Waals surface area (Å²) in [6.45, 7) is 6.02. The monoisotopic (exact) mass is 251 g/mol. The van der Waals surface area contributed by atoms with Gasteiger partial charge >= 0.3 is 0 Å². The highest BCUT2D eigenvalue weighted by molar-refractivity contribution is 7.82. The van der Waals surface area contributed by atoms with E-state index in [2.05, 4.69) is 12.6 Å². The average Bonchev–Trinajstić information content (AvgIpc) is 2.15. The Bertz CT molecular complexity index is 381. The van der Waals surface area contributed by atoms with Crippen molar-refractivity contribution < 1.29 is 9.90 Å². The molecule has 1 atom stereocenters. The zero-order valence-corrected chi connectivity index (χ0v) is 11.5. The Balaban J connectivity index is 2.90. The number of carbonyl (C=O) groups is 1. The Morgan fingerprint density at radius 1 is 1.24 bits per heavy atom. The van der Waals surface area contributed by atoms with E-state index < -0.39 is 10.7 Å². The van der Waals surface area contributed by atoms with E-state index in [9.17, 15) is 9.90 Å². The van der Waals surface area contributed by atoms with Crippen LogP contribution in [0.2, 0.25) is 0 Å². The second-order valence-corrected chi connectivity index (χ2v) is 6.57. The topological polar surface area (TPSA) is 40.1 Å². The molecule has 0 amide bonds. The minimum absolute atomic E-state index is 0.101. The van der Waals surface area contributed by atoms with Gasteiger partial charge in [0.25, 0.3) is 0 Å². The molecular formula is C14H19O2S-. The van der Waals surface area contributed by atoms with E-state index in [-0.39, 0.29) is 5.41 Å². The lowest BCUT2D eigenvalue weighted by atomic mass is 9.81. The maximum Gasteiger partial charge on any atom is 0.0576 e. The highest BCUT2D eigenvalue weighted by Crippen LogP contribution is 2.34. The summed E-state index contributed by atoms with van der Waals surface area (Å²) in [6.07, 6.45) is 0.858. The van der Waals surface area contributed by atoms with Crippen LogP contribution in [0.5, 0.6) is 0 Å². The SMILES string of the molecule is CC(C)(C)CC(S)(Cc1ccccc1)C(=O)[O-]. The van der Waals surface area contributed by atoms with Gasteiger partial charge in [-0.25, -0.2) is 0 Å². The molecule has 0 bridgehead atoms. The first kappa shape index (κ1) is 14.1. The summed E-state index contributed by atoms with van der Waals surface area (Å²) in [7, 11) is 0. The van der Waals surface area contributed by atoms with Gasteiger partial charge in [0.15, 0.2) is 0 Å². The third-order valence-corrected chi connectivity index (χ3v) is 3.04. The molecule has 1 aromatic rings. The second-order valence-electron chi connectivity index (χ2n) is 5.72. The zero-order valence-electron chi connectivity index (χ0n) is 10.6. The van der Waals surface area contributed by atoms with Crippen molar-refractivity contribution in [2.45, 2.75) is 38.4 Å². The van der Waals surface area contributed by atoms with Crippen molar-refractivity contribution in [3.63, 3.8) is 0 Å². The fourth-order valence-corrected chi connectivity index (χ4v) is 2.67.